The highest BCUT2D eigenvalue weighted by Crippen LogP contribution is 2.29. The van der Waals surface area contributed by atoms with E-state index in [0.29, 0.717) is 12.3 Å². The van der Waals surface area contributed by atoms with Crippen molar-refractivity contribution < 1.29 is 9.50 Å². The van der Waals surface area contributed by atoms with Gasteiger partial charge in [-0.1, -0.05) is 24.3 Å². The van der Waals surface area contributed by atoms with Crippen molar-refractivity contribution >= 4 is 29.1 Å². The van der Waals surface area contributed by atoms with E-state index in [9.17, 15) is 9.50 Å². The lowest BCUT2D eigenvalue weighted by atomic mass is 10.2. The topological polar surface area (TPSA) is 32.3 Å². The number of para-hydroxylation sites is 1. The van der Waals surface area contributed by atoms with Crippen molar-refractivity contribution in [3.63, 3.8) is 0 Å². The van der Waals surface area contributed by atoms with Gasteiger partial charge in [-0.3, -0.25) is 0 Å². The predicted molar refractivity (Wildman–Crippen MR) is 87.6 cm³/mol. The first kappa shape index (κ1) is 16.1. The van der Waals surface area contributed by atoms with Gasteiger partial charge >= 0.3 is 0 Å². The first-order valence-electron chi connectivity index (χ1n) is 6.63. The zero-order chi connectivity index (χ0) is 15.1. The second-order valence-electron chi connectivity index (χ2n) is 4.60. The van der Waals surface area contributed by atoms with E-state index in [4.69, 9.17) is 11.6 Å². The molecule has 0 saturated carbocycles. The van der Waals surface area contributed by atoms with Gasteiger partial charge in [0.2, 0.25) is 0 Å². The second kappa shape index (κ2) is 8.27. The third kappa shape index (κ3) is 5.23. The molecular formula is C16H17ClFNOS. The molecular weight excluding hydrogens is 309 g/mol. The number of halogens is 2. The molecule has 2 aromatic carbocycles. The molecule has 2 aromatic rings. The van der Waals surface area contributed by atoms with Crippen molar-refractivity contribution in [3.05, 3.63) is 59.9 Å². The minimum absolute atomic E-state index is 0.200. The zero-order valence-electron chi connectivity index (χ0n) is 11.4. The van der Waals surface area contributed by atoms with Gasteiger partial charge in [0, 0.05) is 22.9 Å². The number of hydrogen-bond acceptors (Lipinski definition) is 3. The number of nitrogens with one attached hydrogen (secondary N) is 1. The number of anilines is 1. The summed E-state index contributed by atoms with van der Waals surface area (Å²) in [6.07, 6.45) is -0.576. The van der Waals surface area contributed by atoms with Crippen LogP contribution in [0.3, 0.4) is 0 Å². The lowest BCUT2D eigenvalue weighted by Crippen LogP contribution is -2.20. The van der Waals surface area contributed by atoms with Crippen LogP contribution in [0.2, 0.25) is 0 Å². The molecule has 0 radical (unpaired) electrons. The maximum Gasteiger partial charge on any atom is 0.123 e. The van der Waals surface area contributed by atoms with Gasteiger partial charge in [0.05, 0.1) is 12.0 Å². The van der Waals surface area contributed by atoms with Crippen LogP contribution in [0.1, 0.15) is 5.56 Å². The summed E-state index contributed by atoms with van der Waals surface area (Å²) >= 11 is 7.21. The van der Waals surface area contributed by atoms with Crippen molar-refractivity contribution in [3.8, 4) is 0 Å². The first-order chi connectivity index (χ1) is 10.2. The van der Waals surface area contributed by atoms with E-state index in [1.807, 2.05) is 30.3 Å². The number of aliphatic hydroxyl groups is 1. The highest BCUT2D eigenvalue weighted by atomic mass is 35.5. The zero-order valence-corrected chi connectivity index (χ0v) is 13.0. The number of rotatable bonds is 7. The Kier molecular flexibility index (Phi) is 6.36. The van der Waals surface area contributed by atoms with E-state index < -0.39 is 6.10 Å². The summed E-state index contributed by atoms with van der Waals surface area (Å²) in [4.78, 5) is 1.06. The lowest BCUT2D eigenvalue weighted by molar-refractivity contribution is 0.211. The summed E-state index contributed by atoms with van der Waals surface area (Å²) in [5.74, 6) is 0.671. The van der Waals surface area contributed by atoms with Crippen molar-refractivity contribution in [1.82, 2.24) is 0 Å². The molecule has 0 heterocycles. The van der Waals surface area contributed by atoms with Gasteiger partial charge in [-0.2, -0.15) is 0 Å². The summed E-state index contributed by atoms with van der Waals surface area (Å²) in [5, 5.41) is 12.7. The van der Waals surface area contributed by atoms with Gasteiger partial charge in [0.25, 0.3) is 0 Å². The molecule has 0 aromatic heterocycles. The fraction of sp³-hybridized carbons (Fsp3) is 0.250. The predicted octanol–water partition coefficient (Wildman–Crippen LogP) is 4.13. The Hall–Kier alpha value is -1.23. The molecule has 0 aliphatic carbocycles. The third-order valence-corrected chi connectivity index (χ3v) is 4.38. The molecule has 2 N–H and O–H groups in total. The lowest BCUT2D eigenvalue weighted by Gasteiger charge is -2.13. The molecule has 112 valence electrons. The Balaban J connectivity index is 1.99. The van der Waals surface area contributed by atoms with Gasteiger partial charge in [0.1, 0.15) is 5.82 Å². The number of thioether (sulfide) groups is 1. The smallest absolute Gasteiger partial charge is 0.123 e. The summed E-state index contributed by atoms with van der Waals surface area (Å²) in [6, 6.07) is 14.4. The van der Waals surface area contributed by atoms with Crippen molar-refractivity contribution in [2.24, 2.45) is 0 Å². The molecule has 5 heteroatoms. The van der Waals surface area contributed by atoms with Crippen LogP contribution in [0.5, 0.6) is 0 Å². The quantitative estimate of drug-likeness (QED) is 0.593. The van der Waals surface area contributed by atoms with Crippen LogP contribution in [-0.4, -0.2) is 23.6 Å². The van der Waals surface area contributed by atoms with Gasteiger partial charge in [-0.05, 0) is 29.8 Å². The summed E-state index contributed by atoms with van der Waals surface area (Å²) in [6.45, 7) is 0.404. The normalized spacial score (nSPS) is 12.1. The summed E-state index contributed by atoms with van der Waals surface area (Å²) in [7, 11) is 0. The molecule has 21 heavy (non-hydrogen) atoms. The Bertz CT molecular complexity index is 582. The maximum absolute atomic E-state index is 13.2. The fourth-order valence-corrected chi connectivity index (χ4v) is 2.89. The number of hydrogen-bond donors (Lipinski definition) is 2. The van der Waals surface area contributed by atoms with Crippen LogP contribution in [0.4, 0.5) is 10.1 Å². The molecule has 0 amide bonds. The monoisotopic (exact) mass is 325 g/mol. The Morgan fingerprint density at radius 2 is 2.00 bits per heavy atom. The van der Waals surface area contributed by atoms with E-state index in [-0.39, 0.29) is 11.7 Å². The van der Waals surface area contributed by atoms with Crippen LogP contribution in [0.25, 0.3) is 0 Å². The van der Waals surface area contributed by atoms with E-state index >= 15 is 0 Å². The number of benzene rings is 2. The van der Waals surface area contributed by atoms with E-state index in [1.54, 1.807) is 23.9 Å². The Labute approximate surface area is 133 Å². The van der Waals surface area contributed by atoms with Crippen molar-refractivity contribution in [1.29, 1.82) is 0 Å². The van der Waals surface area contributed by atoms with Gasteiger partial charge in [-0.15, -0.1) is 23.4 Å². The molecule has 0 bridgehead atoms. The summed E-state index contributed by atoms with van der Waals surface area (Å²) in [5.41, 5.74) is 1.89. The molecule has 0 spiro atoms. The molecule has 0 saturated heterocycles. The molecule has 2 nitrogen and oxygen atoms in total. The van der Waals surface area contributed by atoms with E-state index in [0.717, 1.165) is 16.1 Å². The molecule has 2 rings (SSSR count). The average Bonchev–Trinajstić information content (AvgIpc) is 2.51. The van der Waals surface area contributed by atoms with Crippen LogP contribution in [-0.2, 0) is 5.75 Å². The SMILES string of the molecule is OC(CCl)CNc1ccccc1SCc1cccc(F)c1. The van der Waals surface area contributed by atoms with Gasteiger partial charge < -0.3 is 10.4 Å². The van der Waals surface area contributed by atoms with Gasteiger partial charge in [-0.25, -0.2) is 4.39 Å². The minimum Gasteiger partial charge on any atom is -0.390 e. The van der Waals surface area contributed by atoms with E-state index in [2.05, 4.69) is 5.32 Å². The highest BCUT2D eigenvalue weighted by Gasteiger charge is 2.06. The largest absolute Gasteiger partial charge is 0.390 e. The minimum atomic E-state index is -0.576. The van der Waals surface area contributed by atoms with Crippen LogP contribution >= 0.6 is 23.4 Å². The standard InChI is InChI=1S/C16H17ClFNOS/c17-9-14(20)10-19-15-6-1-2-7-16(15)21-11-12-4-3-5-13(18)8-12/h1-8,14,19-20H,9-11H2. The first-order valence-corrected chi connectivity index (χ1v) is 8.15. The number of aliphatic hydroxyl groups excluding tert-OH is 1. The van der Waals surface area contributed by atoms with Crippen LogP contribution in [0, 0.1) is 5.82 Å². The fourth-order valence-electron chi connectivity index (χ4n) is 1.81. The summed E-state index contributed by atoms with van der Waals surface area (Å²) < 4.78 is 13.2. The van der Waals surface area contributed by atoms with Crippen molar-refractivity contribution in [2.75, 3.05) is 17.7 Å². The number of alkyl halides is 1. The van der Waals surface area contributed by atoms with Crippen molar-refractivity contribution in [2.45, 2.75) is 16.8 Å². The highest BCUT2D eigenvalue weighted by molar-refractivity contribution is 7.98. The van der Waals surface area contributed by atoms with E-state index in [1.165, 1.54) is 6.07 Å². The molecule has 1 unspecified atom stereocenters. The third-order valence-electron chi connectivity index (χ3n) is 2.88. The van der Waals surface area contributed by atoms with Gasteiger partial charge in [0.15, 0.2) is 0 Å². The molecule has 0 fully saturated rings. The average molecular weight is 326 g/mol. The Morgan fingerprint density at radius 1 is 1.19 bits per heavy atom. The molecule has 1 atom stereocenters. The van der Waals surface area contributed by atoms with Crippen LogP contribution < -0.4 is 5.32 Å². The molecule has 0 aliphatic rings. The van der Waals surface area contributed by atoms with Crippen LogP contribution in [0.15, 0.2) is 53.4 Å². The Morgan fingerprint density at radius 3 is 2.76 bits per heavy atom. The second-order valence-corrected chi connectivity index (χ2v) is 5.93. The maximum atomic E-state index is 13.2. The molecule has 0 aliphatic heterocycles.